The third-order valence-electron chi connectivity index (χ3n) is 3.64. The number of aryl methyl sites for hydroxylation is 1. The third-order valence-corrected chi connectivity index (χ3v) is 3.88. The number of rotatable bonds is 1. The van der Waals surface area contributed by atoms with Crippen molar-refractivity contribution in [1.82, 2.24) is 9.80 Å². The molecule has 1 aliphatic rings. The molecular weight excluding hydrogens is 306 g/mol. The predicted molar refractivity (Wildman–Crippen MR) is 83.7 cm³/mol. The molecule has 0 saturated carbocycles. The lowest BCUT2D eigenvalue weighted by Gasteiger charge is -2.33. The molecule has 118 valence electrons. The summed E-state index contributed by atoms with van der Waals surface area (Å²) in [5, 5.41) is 3.17. The summed E-state index contributed by atoms with van der Waals surface area (Å²) in [5.41, 5.74) is 1.35. The Bertz CT molecular complexity index is 610. The average Bonchev–Trinajstić information content (AvgIpc) is 2.49. The van der Waals surface area contributed by atoms with Crippen LogP contribution in [0.15, 0.2) is 18.2 Å². The summed E-state index contributed by atoms with van der Waals surface area (Å²) in [6.07, 6.45) is 0. The number of amides is 3. The van der Waals surface area contributed by atoms with Crippen molar-refractivity contribution in [2.45, 2.75) is 13.8 Å². The zero-order valence-corrected chi connectivity index (χ0v) is 13.3. The second-order valence-electron chi connectivity index (χ2n) is 5.21. The fourth-order valence-electron chi connectivity index (χ4n) is 2.31. The third kappa shape index (κ3) is 3.76. The molecule has 2 rings (SSSR count). The molecule has 22 heavy (non-hydrogen) atoms. The number of hydrogen-bond acceptors (Lipinski definition) is 3. The average molecular weight is 324 g/mol. The lowest BCUT2D eigenvalue weighted by atomic mass is 10.2. The van der Waals surface area contributed by atoms with Crippen molar-refractivity contribution < 1.29 is 14.4 Å². The first-order valence-electron chi connectivity index (χ1n) is 7.00. The number of nitrogens with zero attached hydrogens (tertiary/aromatic N) is 2. The number of anilines is 1. The molecular formula is C15H18ClN3O3. The molecule has 0 aromatic heterocycles. The Kier molecular flexibility index (Phi) is 5.03. The summed E-state index contributed by atoms with van der Waals surface area (Å²) < 4.78 is 0. The molecule has 6 nitrogen and oxygen atoms in total. The molecule has 0 aliphatic carbocycles. The van der Waals surface area contributed by atoms with Gasteiger partial charge in [-0.1, -0.05) is 11.6 Å². The Morgan fingerprint density at radius 2 is 1.68 bits per heavy atom. The molecule has 0 radical (unpaired) electrons. The van der Waals surface area contributed by atoms with E-state index < -0.39 is 11.8 Å². The van der Waals surface area contributed by atoms with Gasteiger partial charge < -0.3 is 15.1 Å². The minimum Gasteiger partial charge on any atom is -0.339 e. The summed E-state index contributed by atoms with van der Waals surface area (Å²) in [4.78, 5) is 38.6. The van der Waals surface area contributed by atoms with Gasteiger partial charge in [0.1, 0.15) is 0 Å². The second-order valence-corrected chi connectivity index (χ2v) is 5.65. The normalized spacial score (nSPS) is 14.7. The van der Waals surface area contributed by atoms with Crippen LogP contribution in [0.5, 0.6) is 0 Å². The van der Waals surface area contributed by atoms with E-state index in [2.05, 4.69) is 5.32 Å². The van der Waals surface area contributed by atoms with Crippen LogP contribution in [0, 0.1) is 6.92 Å². The van der Waals surface area contributed by atoms with Gasteiger partial charge in [-0.15, -0.1) is 0 Å². The Morgan fingerprint density at radius 1 is 1.09 bits per heavy atom. The van der Waals surface area contributed by atoms with Crippen LogP contribution in [0.4, 0.5) is 5.69 Å². The number of carbonyl (C=O) groups is 3. The van der Waals surface area contributed by atoms with Gasteiger partial charge in [-0.2, -0.15) is 0 Å². The van der Waals surface area contributed by atoms with Crippen molar-refractivity contribution in [2.75, 3.05) is 31.5 Å². The molecule has 0 atom stereocenters. The molecule has 1 fully saturated rings. The maximum atomic E-state index is 12.1. The maximum Gasteiger partial charge on any atom is 0.313 e. The Balaban J connectivity index is 1.95. The highest BCUT2D eigenvalue weighted by atomic mass is 35.5. The molecule has 3 amide bonds. The fourth-order valence-corrected chi connectivity index (χ4v) is 2.54. The van der Waals surface area contributed by atoms with E-state index in [1.807, 2.05) is 0 Å². The largest absolute Gasteiger partial charge is 0.339 e. The molecule has 1 saturated heterocycles. The van der Waals surface area contributed by atoms with E-state index in [1.165, 1.54) is 11.8 Å². The van der Waals surface area contributed by atoms with Gasteiger partial charge in [-0.05, 0) is 30.7 Å². The number of hydrogen-bond donors (Lipinski definition) is 1. The highest BCUT2D eigenvalue weighted by molar-refractivity contribution is 6.39. The van der Waals surface area contributed by atoms with Crippen LogP contribution < -0.4 is 5.32 Å². The van der Waals surface area contributed by atoms with Crippen LogP contribution in [0.3, 0.4) is 0 Å². The standard InChI is InChI=1S/C15H18ClN3O3/c1-10-9-12(16)3-4-13(10)17-14(21)15(22)19-7-5-18(6-8-19)11(2)20/h3-4,9H,5-8H2,1-2H3,(H,17,21). The van der Waals surface area contributed by atoms with Gasteiger partial charge in [0, 0.05) is 43.8 Å². The number of benzene rings is 1. The van der Waals surface area contributed by atoms with E-state index in [-0.39, 0.29) is 5.91 Å². The fraction of sp³-hybridized carbons (Fsp3) is 0.400. The smallest absolute Gasteiger partial charge is 0.313 e. The zero-order valence-electron chi connectivity index (χ0n) is 12.6. The van der Waals surface area contributed by atoms with Crippen molar-refractivity contribution in [2.24, 2.45) is 0 Å². The van der Waals surface area contributed by atoms with Crippen molar-refractivity contribution in [1.29, 1.82) is 0 Å². The van der Waals surface area contributed by atoms with Gasteiger partial charge in [0.25, 0.3) is 0 Å². The molecule has 0 unspecified atom stereocenters. The Labute approximate surface area is 134 Å². The van der Waals surface area contributed by atoms with Gasteiger partial charge in [-0.3, -0.25) is 14.4 Å². The van der Waals surface area contributed by atoms with E-state index in [4.69, 9.17) is 11.6 Å². The van der Waals surface area contributed by atoms with Crippen molar-refractivity contribution in [3.05, 3.63) is 28.8 Å². The summed E-state index contributed by atoms with van der Waals surface area (Å²) in [7, 11) is 0. The maximum absolute atomic E-state index is 12.1. The van der Waals surface area contributed by atoms with Crippen LogP contribution in [0.1, 0.15) is 12.5 Å². The van der Waals surface area contributed by atoms with E-state index in [9.17, 15) is 14.4 Å². The topological polar surface area (TPSA) is 69.7 Å². The van der Waals surface area contributed by atoms with Crippen LogP contribution in [-0.2, 0) is 14.4 Å². The molecule has 1 heterocycles. The number of carbonyl (C=O) groups excluding carboxylic acids is 3. The van der Waals surface area contributed by atoms with Crippen molar-refractivity contribution >= 4 is 35.0 Å². The molecule has 1 aliphatic heterocycles. The second kappa shape index (κ2) is 6.79. The first-order valence-corrected chi connectivity index (χ1v) is 7.38. The van der Waals surface area contributed by atoms with Crippen molar-refractivity contribution in [3.8, 4) is 0 Å². The van der Waals surface area contributed by atoms with E-state index in [0.717, 1.165) is 5.56 Å². The van der Waals surface area contributed by atoms with E-state index in [0.29, 0.717) is 36.9 Å². The van der Waals surface area contributed by atoms with Gasteiger partial charge in [-0.25, -0.2) is 0 Å². The van der Waals surface area contributed by atoms with Crippen LogP contribution in [0.2, 0.25) is 5.02 Å². The molecule has 1 aromatic rings. The summed E-state index contributed by atoms with van der Waals surface area (Å²) in [6.45, 7) is 4.94. The van der Waals surface area contributed by atoms with Gasteiger partial charge in [0.15, 0.2) is 0 Å². The zero-order chi connectivity index (χ0) is 16.3. The number of halogens is 1. The summed E-state index contributed by atoms with van der Waals surface area (Å²) in [6, 6.07) is 5.03. The van der Waals surface area contributed by atoms with Crippen LogP contribution in [-0.4, -0.2) is 53.7 Å². The molecule has 0 spiro atoms. The molecule has 1 N–H and O–H groups in total. The van der Waals surface area contributed by atoms with Crippen LogP contribution in [0.25, 0.3) is 0 Å². The van der Waals surface area contributed by atoms with Crippen LogP contribution >= 0.6 is 11.6 Å². The van der Waals surface area contributed by atoms with Gasteiger partial charge in [0.2, 0.25) is 5.91 Å². The lowest BCUT2D eigenvalue weighted by Crippen LogP contribution is -2.52. The molecule has 7 heteroatoms. The van der Waals surface area contributed by atoms with Gasteiger partial charge >= 0.3 is 11.8 Å². The Morgan fingerprint density at radius 3 is 2.23 bits per heavy atom. The van der Waals surface area contributed by atoms with E-state index in [1.54, 1.807) is 30.0 Å². The lowest BCUT2D eigenvalue weighted by molar-refractivity contribution is -0.145. The minimum absolute atomic E-state index is 0.0201. The quantitative estimate of drug-likeness (QED) is 0.791. The predicted octanol–water partition coefficient (Wildman–Crippen LogP) is 1.28. The number of nitrogens with one attached hydrogen (secondary N) is 1. The number of piperazine rings is 1. The van der Waals surface area contributed by atoms with Crippen molar-refractivity contribution in [3.63, 3.8) is 0 Å². The Hall–Kier alpha value is -2.08. The molecule has 0 bridgehead atoms. The van der Waals surface area contributed by atoms with E-state index >= 15 is 0 Å². The first kappa shape index (κ1) is 16.3. The summed E-state index contributed by atoms with van der Waals surface area (Å²) in [5.74, 6) is -1.28. The highest BCUT2D eigenvalue weighted by Gasteiger charge is 2.27. The SMILES string of the molecule is CC(=O)N1CCN(C(=O)C(=O)Nc2ccc(Cl)cc2C)CC1. The highest BCUT2D eigenvalue weighted by Crippen LogP contribution is 2.19. The van der Waals surface area contributed by atoms with Gasteiger partial charge in [0.05, 0.1) is 0 Å². The summed E-state index contributed by atoms with van der Waals surface area (Å²) >= 11 is 5.86. The molecule has 1 aromatic carbocycles. The minimum atomic E-state index is -0.679. The first-order chi connectivity index (χ1) is 10.4. The monoisotopic (exact) mass is 323 g/mol.